The van der Waals surface area contributed by atoms with Gasteiger partial charge in [0.25, 0.3) is 0 Å². The van der Waals surface area contributed by atoms with Gasteiger partial charge in [0.05, 0.1) is 5.52 Å². The van der Waals surface area contributed by atoms with E-state index in [9.17, 15) is 0 Å². The first-order chi connectivity index (χ1) is 12.6. The average Bonchev–Trinajstić information content (AvgIpc) is 3.07. The number of unbranched alkanes of at least 4 members (excludes halogenated alkanes) is 2. The molecule has 3 N–H and O–H groups in total. The first-order valence-corrected chi connectivity index (χ1v) is 11.0. The normalized spacial score (nSPS) is 13.0. The molecule has 2 aromatic rings. The lowest BCUT2D eigenvalue weighted by Gasteiger charge is -2.17. The van der Waals surface area contributed by atoms with Gasteiger partial charge in [-0.3, -0.25) is 0 Å². The largest absolute Gasteiger partial charge is 0.344 e. The van der Waals surface area contributed by atoms with E-state index in [1.54, 1.807) is 0 Å². The summed E-state index contributed by atoms with van der Waals surface area (Å²) in [6.07, 6.45) is 11.5. The molecule has 4 nitrogen and oxygen atoms in total. The van der Waals surface area contributed by atoms with Gasteiger partial charge in [0.2, 0.25) is 0 Å². The van der Waals surface area contributed by atoms with E-state index in [4.69, 9.17) is 0 Å². The van der Waals surface area contributed by atoms with Gasteiger partial charge in [0.15, 0.2) is 0 Å². The molecule has 1 aromatic heterocycles. The topological polar surface area (TPSA) is 65.7 Å². The monoisotopic (exact) mass is 390 g/mol. The van der Waals surface area contributed by atoms with Crippen LogP contribution in [0.5, 0.6) is 0 Å². The number of hydrogen-bond acceptors (Lipinski definition) is 3. The van der Waals surface area contributed by atoms with E-state index in [0.717, 1.165) is 18.0 Å². The molecule has 162 valence electrons. The Bertz CT molecular complexity index is 662. The third kappa shape index (κ3) is 6.88. The van der Waals surface area contributed by atoms with Crippen LogP contribution in [0.1, 0.15) is 97.6 Å². The number of benzene rings is 1. The Morgan fingerprint density at radius 3 is 2.11 bits per heavy atom. The number of rotatable bonds is 12. The van der Waals surface area contributed by atoms with Gasteiger partial charge in [0.1, 0.15) is 5.52 Å². The van der Waals surface area contributed by atoms with E-state index in [1.807, 2.05) is 0 Å². The van der Waals surface area contributed by atoms with Crippen LogP contribution >= 0.6 is 0 Å². The summed E-state index contributed by atoms with van der Waals surface area (Å²) in [5.41, 5.74) is 5.12. The van der Waals surface area contributed by atoms with Crippen molar-refractivity contribution in [3.05, 3.63) is 23.3 Å². The number of aryl methyl sites for hydroxylation is 1. The van der Waals surface area contributed by atoms with Crippen molar-refractivity contribution in [2.45, 2.75) is 106 Å². The molecule has 4 heteroatoms. The van der Waals surface area contributed by atoms with Crippen molar-refractivity contribution in [3.8, 4) is 0 Å². The zero-order valence-electron chi connectivity index (χ0n) is 18.4. The predicted octanol–water partition coefficient (Wildman–Crippen LogP) is 7.51. The highest BCUT2D eigenvalue weighted by molar-refractivity contribution is 5.79. The standard InChI is InChI=1S/C23H39N3.CH4.H3N/c1-6-10-12-19(8-3)16-21-14-15-22-23(18(21)5)24-25-26(22)17-20(9-4)13-11-7-2;;/h14-15,19-20H,6-13,16-17H2,1-5H3;1H4;1H3. The van der Waals surface area contributed by atoms with Crippen LogP contribution in [0.25, 0.3) is 11.0 Å². The lowest BCUT2D eigenvalue weighted by atomic mass is 9.90. The van der Waals surface area contributed by atoms with Gasteiger partial charge in [-0.15, -0.1) is 5.10 Å². The van der Waals surface area contributed by atoms with Crippen LogP contribution in [0.15, 0.2) is 12.1 Å². The second kappa shape index (κ2) is 13.7. The highest BCUT2D eigenvalue weighted by Crippen LogP contribution is 2.26. The van der Waals surface area contributed by atoms with E-state index in [-0.39, 0.29) is 13.6 Å². The molecule has 0 spiro atoms. The van der Waals surface area contributed by atoms with Gasteiger partial charge >= 0.3 is 0 Å². The smallest absolute Gasteiger partial charge is 0.116 e. The lowest BCUT2D eigenvalue weighted by Crippen LogP contribution is -2.11. The summed E-state index contributed by atoms with van der Waals surface area (Å²) >= 11 is 0. The molecule has 1 heterocycles. The summed E-state index contributed by atoms with van der Waals surface area (Å²) < 4.78 is 2.14. The van der Waals surface area contributed by atoms with E-state index in [0.29, 0.717) is 5.92 Å². The molecule has 2 rings (SSSR count). The highest BCUT2D eigenvalue weighted by Gasteiger charge is 2.15. The van der Waals surface area contributed by atoms with Gasteiger partial charge in [-0.05, 0) is 48.8 Å². The Labute approximate surface area is 174 Å². The van der Waals surface area contributed by atoms with Gasteiger partial charge in [0, 0.05) is 6.54 Å². The predicted molar refractivity (Wildman–Crippen MR) is 124 cm³/mol. The molecule has 2 unspecified atom stereocenters. The number of fused-ring (bicyclic) bond motifs is 1. The average molecular weight is 391 g/mol. The fraction of sp³-hybridized carbons (Fsp3) is 0.750. The van der Waals surface area contributed by atoms with Gasteiger partial charge in [-0.25, -0.2) is 4.68 Å². The van der Waals surface area contributed by atoms with Crippen LogP contribution in [-0.2, 0) is 13.0 Å². The van der Waals surface area contributed by atoms with Crippen molar-refractivity contribution in [2.75, 3.05) is 0 Å². The summed E-state index contributed by atoms with van der Waals surface area (Å²) in [4.78, 5) is 0. The Kier molecular flexibility index (Phi) is 13.0. The Morgan fingerprint density at radius 1 is 0.929 bits per heavy atom. The minimum Gasteiger partial charge on any atom is -0.344 e. The quantitative estimate of drug-likeness (QED) is 0.407. The molecule has 0 radical (unpaired) electrons. The first kappa shape index (κ1) is 26.6. The van der Waals surface area contributed by atoms with Gasteiger partial charge in [-0.2, -0.15) is 0 Å². The Morgan fingerprint density at radius 2 is 1.54 bits per heavy atom. The Hall–Kier alpha value is -1.42. The van der Waals surface area contributed by atoms with E-state index < -0.39 is 0 Å². The minimum atomic E-state index is 0. The summed E-state index contributed by atoms with van der Waals surface area (Å²) in [7, 11) is 0. The molecule has 0 saturated carbocycles. The molecule has 2 atom stereocenters. The van der Waals surface area contributed by atoms with Gasteiger partial charge < -0.3 is 6.15 Å². The SMILES string of the molecule is C.CCCCC(CC)Cc1ccc2c(nnn2CC(CC)CCCC)c1C.N. The second-order valence-corrected chi connectivity index (χ2v) is 8.03. The molecular formula is C24H46N4. The highest BCUT2D eigenvalue weighted by atomic mass is 15.4. The summed E-state index contributed by atoms with van der Waals surface area (Å²) in [5, 5.41) is 9.06. The number of nitrogens with zero attached hydrogens (tertiary/aromatic N) is 3. The van der Waals surface area contributed by atoms with Crippen molar-refractivity contribution in [1.82, 2.24) is 21.1 Å². The summed E-state index contributed by atoms with van der Waals surface area (Å²) in [6, 6.07) is 4.59. The maximum atomic E-state index is 4.55. The van der Waals surface area contributed by atoms with Crippen LogP contribution < -0.4 is 6.15 Å². The van der Waals surface area contributed by atoms with E-state index >= 15 is 0 Å². The molecule has 0 aliphatic rings. The molecule has 0 amide bonds. The molecule has 28 heavy (non-hydrogen) atoms. The van der Waals surface area contributed by atoms with Crippen LogP contribution in [-0.4, -0.2) is 15.0 Å². The third-order valence-electron chi connectivity index (χ3n) is 6.08. The maximum absolute atomic E-state index is 4.55. The molecule has 0 bridgehead atoms. The first-order valence-electron chi connectivity index (χ1n) is 11.0. The minimum absolute atomic E-state index is 0. The molecule has 0 aliphatic heterocycles. The molecular weight excluding hydrogens is 344 g/mol. The molecule has 0 saturated heterocycles. The zero-order valence-corrected chi connectivity index (χ0v) is 18.4. The molecule has 0 aliphatic carbocycles. The zero-order chi connectivity index (χ0) is 18.9. The van der Waals surface area contributed by atoms with E-state index in [1.165, 1.54) is 74.4 Å². The van der Waals surface area contributed by atoms with Crippen molar-refractivity contribution < 1.29 is 0 Å². The van der Waals surface area contributed by atoms with Crippen molar-refractivity contribution in [2.24, 2.45) is 11.8 Å². The number of aromatic nitrogens is 3. The lowest BCUT2D eigenvalue weighted by molar-refractivity contribution is 0.373. The molecule has 1 aromatic carbocycles. The van der Waals surface area contributed by atoms with Crippen molar-refractivity contribution >= 4 is 11.0 Å². The van der Waals surface area contributed by atoms with Crippen LogP contribution in [0.2, 0.25) is 0 Å². The fourth-order valence-electron chi connectivity index (χ4n) is 3.98. The van der Waals surface area contributed by atoms with Crippen LogP contribution in [0, 0.1) is 18.8 Å². The maximum Gasteiger partial charge on any atom is 0.116 e. The van der Waals surface area contributed by atoms with Crippen molar-refractivity contribution in [1.29, 1.82) is 0 Å². The summed E-state index contributed by atoms with van der Waals surface area (Å²) in [5.74, 6) is 1.50. The van der Waals surface area contributed by atoms with Gasteiger partial charge in [-0.1, -0.05) is 91.3 Å². The fourth-order valence-corrected chi connectivity index (χ4v) is 3.98. The van der Waals surface area contributed by atoms with Crippen LogP contribution in [0.3, 0.4) is 0 Å². The second-order valence-electron chi connectivity index (χ2n) is 8.03. The van der Waals surface area contributed by atoms with Crippen molar-refractivity contribution in [3.63, 3.8) is 0 Å². The number of hydrogen-bond donors (Lipinski definition) is 1. The van der Waals surface area contributed by atoms with Crippen LogP contribution in [0.4, 0.5) is 0 Å². The van der Waals surface area contributed by atoms with E-state index in [2.05, 4.69) is 61.7 Å². The third-order valence-corrected chi connectivity index (χ3v) is 6.08. The Balaban J connectivity index is 0.00000364. The summed E-state index contributed by atoms with van der Waals surface area (Å²) in [6.45, 7) is 12.4. The molecule has 0 fully saturated rings.